The highest BCUT2D eigenvalue weighted by Crippen LogP contribution is 2.35. The van der Waals surface area contributed by atoms with Gasteiger partial charge < -0.3 is 14.1 Å². The van der Waals surface area contributed by atoms with E-state index in [1.165, 1.54) is 11.3 Å². The summed E-state index contributed by atoms with van der Waals surface area (Å²) in [6.45, 7) is 4.39. The third kappa shape index (κ3) is 2.16. The SMILES string of the molecule is CCn1c(O)c(C(=O)Nc2ncc(C)s2)c2cc3occc3cc21. The van der Waals surface area contributed by atoms with Crippen LogP contribution in [0.25, 0.3) is 21.9 Å². The molecule has 0 saturated carbocycles. The number of aromatic nitrogens is 2. The molecule has 1 amide bonds. The van der Waals surface area contributed by atoms with Gasteiger partial charge in [-0.1, -0.05) is 0 Å². The van der Waals surface area contributed by atoms with Crippen LogP contribution in [0.3, 0.4) is 0 Å². The summed E-state index contributed by atoms with van der Waals surface area (Å²) in [6.07, 6.45) is 3.31. The van der Waals surface area contributed by atoms with Crippen molar-refractivity contribution in [1.82, 2.24) is 9.55 Å². The molecule has 0 fully saturated rings. The zero-order valence-electron chi connectivity index (χ0n) is 13.2. The normalized spacial score (nSPS) is 11.4. The summed E-state index contributed by atoms with van der Waals surface area (Å²) in [4.78, 5) is 17.9. The average molecular weight is 341 g/mol. The fourth-order valence-corrected chi connectivity index (χ4v) is 3.57. The second kappa shape index (κ2) is 5.38. The Kier molecular flexibility index (Phi) is 3.31. The smallest absolute Gasteiger partial charge is 0.263 e. The quantitative estimate of drug-likeness (QED) is 0.587. The van der Waals surface area contributed by atoms with Gasteiger partial charge in [-0.2, -0.15) is 0 Å². The molecule has 24 heavy (non-hydrogen) atoms. The molecular weight excluding hydrogens is 326 g/mol. The molecule has 6 nitrogen and oxygen atoms in total. The Bertz CT molecular complexity index is 1070. The van der Waals surface area contributed by atoms with Crippen LogP contribution >= 0.6 is 11.3 Å². The lowest BCUT2D eigenvalue weighted by molar-refractivity contribution is 0.102. The van der Waals surface area contributed by atoms with E-state index < -0.39 is 0 Å². The summed E-state index contributed by atoms with van der Waals surface area (Å²) in [7, 11) is 0. The minimum Gasteiger partial charge on any atom is -0.494 e. The molecule has 0 aliphatic carbocycles. The number of benzene rings is 1. The van der Waals surface area contributed by atoms with Gasteiger partial charge in [0.2, 0.25) is 5.88 Å². The molecule has 2 N–H and O–H groups in total. The van der Waals surface area contributed by atoms with Crippen molar-refractivity contribution in [2.24, 2.45) is 0 Å². The zero-order valence-corrected chi connectivity index (χ0v) is 14.0. The minimum atomic E-state index is -0.384. The molecule has 4 aromatic rings. The van der Waals surface area contributed by atoms with Gasteiger partial charge in [0.1, 0.15) is 11.1 Å². The van der Waals surface area contributed by atoms with E-state index in [1.54, 1.807) is 23.1 Å². The van der Waals surface area contributed by atoms with Crippen molar-refractivity contribution in [3.05, 3.63) is 41.1 Å². The van der Waals surface area contributed by atoms with Crippen molar-refractivity contribution in [3.8, 4) is 5.88 Å². The number of carbonyl (C=O) groups is 1. The van der Waals surface area contributed by atoms with Gasteiger partial charge in [-0.15, -0.1) is 11.3 Å². The monoisotopic (exact) mass is 341 g/mol. The molecule has 0 aliphatic heterocycles. The Morgan fingerprint density at radius 2 is 2.29 bits per heavy atom. The van der Waals surface area contributed by atoms with E-state index >= 15 is 0 Å². The molecule has 1 aromatic carbocycles. The second-order valence-electron chi connectivity index (χ2n) is 5.50. The molecule has 4 rings (SSSR count). The lowest BCUT2D eigenvalue weighted by Gasteiger charge is -2.03. The third-order valence-corrected chi connectivity index (χ3v) is 4.82. The van der Waals surface area contributed by atoms with Gasteiger partial charge in [-0.25, -0.2) is 4.98 Å². The molecule has 0 bridgehead atoms. The third-order valence-electron chi connectivity index (χ3n) is 4.00. The number of aromatic hydroxyl groups is 1. The number of aryl methyl sites for hydroxylation is 2. The van der Waals surface area contributed by atoms with E-state index in [0.29, 0.717) is 22.6 Å². The van der Waals surface area contributed by atoms with Crippen LogP contribution in [0.4, 0.5) is 5.13 Å². The van der Waals surface area contributed by atoms with E-state index in [0.717, 1.165) is 15.8 Å². The first-order chi connectivity index (χ1) is 11.6. The van der Waals surface area contributed by atoms with Crippen LogP contribution in [0.2, 0.25) is 0 Å². The highest BCUT2D eigenvalue weighted by molar-refractivity contribution is 7.15. The predicted octanol–water partition coefficient (Wildman–Crippen LogP) is 4.13. The number of amides is 1. The summed E-state index contributed by atoms with van der Waals surface area (Å²) in [5.74, 6) is -0.434. The number of nitrogens with one attached hydrogen (secondary N) is 1. The highest BCUT2D eigenvalue weighted by atomic mass is 32.1. The molecule has 0 atom stereocenters. The van der Waals surface area contributed by atoms with Crippen molar-refractivity contribution in [2.75, 3.05) is 5.32 Å². The topological polar surface area (TPSA) is 80.3 Å². The maximum Gasteiger partial charge on any atom is 0.263 e. The number of nitrogens with zero attached hydrogens (tertiary/aromatic N) is 2. The van der Waals surface area contributed by atoms with Gasteiger partial charge in [0.15, 0.2) is 5.13 Å². The van der Waals surface area contributed by atoms with Gasteiger partial charge in [0.25, 0.3) is 5.91 Å². The maximum absolute atomic E-state index is 12.7. The highest BCUT2D eigenvalue weighted by Gasteiger charge is 2.23. The van der Waals surface area contributed by atoms with E-state index in [2.05, 4.69) is 10.3 Å². The first-order valence-electron chi connectivity index (χ1n) is 7.54. The van der Waals surface area contributed by atoms with Crippen LogP contribution in [0.15, 0.2) is 35.1 Å². The van der Waals surface area contributed by atoms with Gasteiger partial charge in [-0.3, -0.25) is 10.1 Å². The van der Waals surface area contributed by atoms with Crippen LogP contribution < -0.4 is 5.32 Å². The van der Waals surface area contributed by atoms with E-state index in [9.17, 15) is 9.90 Å². The van der Waals surface area contributed by atoms with E-state index in [-0.39, 0.29) is 17.4 Å². The summed E-state index contributed by atoms with van der Waals surface area (Å²) < 4.78 is 7.14. The number of anilines is 1. The van der Waals surface area contributed by atoms with E-state index in [1.807, 2.05) is 26.0 Å². The molecule has 3 heterocycles. The average Bonchev–Trinajstić information content (AvgIpc) is 3.22. The number of thiazole rings is 1. The predicted molar refractivity (Wildman–Crippen MR) is 93.9 cm³/mol. The second-order valence-corrected chi connectivity index (χ2v) is 6.74. The number of hydrogen-bond donors (Lipinski definition) is 2. The number of furan rings is 1. The van der Waals surface area contributed by atoms with Gasteiger partial charge >= 0.3 is 0 Å². The van der Waals surface area contributed by atoms with E-state index in [4.69, 9.17) is 4.42 Å². The van der Waals surface area contributed by atoms with Crippen molar-refractivity contribution in [2.45, 2.75) is 20.4 Å². The molecule has 7 heteroatoms. The largest absolute Gasteiger partial charge is 0.494 e. The zero-order chi connectivity index (χ0) is 16.8. The van der Waals surface area contributed by atoms with Crippen molar-refractivity contribution in [3.63, 3.8) is 0 Å². The summed E-state index contributed by atoms with van der Waals surface area (Å²) in [5, 5.41) is 15.4. The van der Waals surface area contributed by atoms with Crippen LogP contribution in [-0.4, -0.2) is 20.6 Å². The Labute approximate surface area is 141 Å². The molecule has 3 aromatic heterocycles. The van der Waals surface area contributed by atoms with Gasteiger partial charge in [0.05, 0.1) is 11.8 Å². The van der Waals surface area contributed by atoms with Crippen LogP contribution in [0.5, 0.6) is 5.88 Å². The minimum absolute atomic E-state index is 0.0501. The van der Waals surface area contributed by atoms with Crippen molar-refractivity contribution in [1.29, 1.82) is 0 Å². The van der Waals surface area contributed by atoms with Gasteiger partial charge in [0, 0.05) is 28.4 Å². The Balaban J connectivity index is 1.89. The molecule has 122 valence electrons. The van der Waals surface area contributed by atoms with Crippen LogP contribution in [-0.2, 0) is 6.54 Å². The van der Waals surface area contributed by atoms with Gasteiger partial charge in [-0.05, 0) is 32.0 Å². The molecular formula is C17H15N3O3S. The lowest BCUT2D eigenvalue weighted by Crippen LogP contribution is -2.11. The molecule has 0 saturated heterocycles. The molecule has 0 spiro atoms. The summed E-state index contributed by atoms with van der Waals surface area (Å²) in [6, 6.07) is 5.57. The number of hydrogen-bond acceptors (Lipinski definition) is 5. The molecule has 0 aliphatic rings. The lowest BCUT2D eigenvalue weighted by atomic mass is 10.1. The summed E-state index contributed by atoms with van der Waals surface area (Å²) >= 11 is 1.39. The number of rotatable bonds is 3. The number of carbonyl (C=O) groups excluding carboxylic acids is 1. The summed E-state index contributed by atoms with van der Waals surface area (Å²) in [5.41, 5.74) is 1.71. The fraction of sp³-hybridized carbons (Fsp3) is 0.176. The van der Waals surface area contributed by atoms with Crippen LogP contribution in [0, 0.1) is 6.92 Å². The Morgan fingerprint density at radius 3 is 3.00 bits per heavy atom. The van der Waals surface area contributed by atoms with Crippen LogP contribution in [0.1, 0.15) is 22.2 Å². The van der Waals surface area contributed by atoms with Crippen molar-refractivity contribution < 1.29 is 14.3 Å². The number of fused-ring (bicyclic) bond motifs is 2. The maximum atomic E-state index is 12.7. The van der Waals surface area contributed by atoms with Crippen molar-refractivity contribution >= 4 is 44.2 Å². The molecule has 0 radical (unpaired) electrons. The first kappa shape index (κ1) is 14.8. The first-order valence-corrected chi connectivity index (χ1v) is 8.36. The Hall–Kier alpha value is -2.80. The Morgan fingerprint density at radius 1 is 1.46 bits per heavy atom. The fourth-order valence-electron chi connectivity index (χ4n) is 2.91. The standard InChI is InChI=1S/C17H15N3O3S/c1-3-20-12-6-10-4-5-23-13(10)7-11(12)14(16(20)22)15(21)19-17-18-8-9(2)24-17/h4-8,22H,3H2,1-2H3,(H,18,19,21). The molecule has 0 unspecified atom stereocenters.